The highest BCUT2D eigenvalue weighted by atomic mass is 127. The normalized spacial score (nSPS) is 19.6. The van der Waals surface area contributed by atoms with Crippen molar-refractivity contribution in [2.45, 2.75) is 18.5 Å². The fourth-order valence-corrected chi connectivity index (χ4v) is 3.75. The monoisotopic (exact) mass is 454 g/mol. The maximum atomic E-state index is 14.5. The first kappa shape index (κ1) is 15.8. The number of fused-ring (bicyclic) bond motifs is 1. The first-order valence-electron chi connectivity index (χ1n) is 7.49. The molecule has 2 atom stereocenters. The highest BCUT2D eigenvalue weighted by Crippen LogP contribution is 2.40. The minimum atomic E-state index is -0.322. The van der Waals surface area contributed by atoms with Crippen LogP contribution in [-0.2, 0) is 0 Å². The Bertz CT molecular complexity index is 860. The molecule has 4 nitrogen and oxygen atoms in total. The molecule has 0 unspecified atom stereocenters. The molecule has 0 saturated heterocycles. The molecule has 1 N–H and O–H groups in total. The lowest BCUT2D eigenvalue weighted by Gasteiger charge is -2.32. The maximum absolute atomic E-state index is 14.5. The molecule has 0 spiro atoms. The first-order chi connectivity index (χ1) is 11.6. The number of aromatic nitrogens is 3. The van der Waals surface area contributed by atoms with Gasteiger partial charge in [0, 0.05) is 14.2 Å². The summed E-state index contributed by atoms with van der Waals surface area (Å²) in [6.45, 7) is 0. The van der Waals surface area contributed by atoms with Crippen LogP contribution in [0.25, 0.3) is 0 Å². The molecular formula is C17H13ClFIN4. The Balaban J connectivity index is 1.78. The molecule has 0 amide bonds. The molecule has 0 aliphatic carbocycles. The lowest BCUT2D eigenvalue weighted by molar-refractivity contribution is 0.416. The average molecular weight is 455 g/mol. The highest BCUT2D eigenvalue weighted by Gasteiger charge is 2.32. The van der Waals surface area contributed by atoms with Crippen molar-refractivity contribution in [3.05, 3.63) is 74.3 Å². The Hall–Kier alpha value is -1.67. The minimum absolute atomic E-state index is 0.0133. The Morgan fingerprint density at radius 2 is 2.00 bits per heavy atom. The maximum Gasteiger partial charge on any atom is 0.222 e. The Morgan fingerprint density at radius 1 is 1.21 bits per heavy atom. The fourth-order valence-electron chi connectivity index (χ4n) is 3.10. The van der Waals surface area contributed by atoms with Gasteiger partial charge in [0.2, 0.25) is 5.95 Å². The molecule has 0 saturated carbocycles. The van der Waals surface area contributed by atoms with E-state index in [1.165, 1.54) is 16.0 Å². The van der Waals surface area contributed by atoms with Gasteiger partial charge in [0.25, 0.3) is 0 Å². The number of anilines is 1. The molecule has 2 heterocycles. The van der Waals surface area contributed by atoms with Crippen molar-refractivity contribution in [3.8, 4) is 0 Å². The van der Waals surface area contributed by atoms with Gasteiger partial charge in [-0.1, -0.05) is 29.8 Å². The standard InChI is InChI=1S/C17H13ClFIN4/c18-12-2-1-3-13(19)16(12)15-8-14(10-4-6-11(20)7-5-10)23-17-21-9-22-24(15)17/h1-7,9,14-15H,8H2,(H,21,22,23)/t14-,15+/m0/s1. The molecule has 24 heavy (non-hydrogen) atoms. The molecule has 1 aromatic heterocycles. The van der Waals surface area contributed by atoms with E-state index >= 15 is 0 Å². The number of nitrogens with zero attached hydrogens (tertiary/aromatic N) is 3. The van der Waals surface area contributed by atoms with Gasteiger partial charge in [0.15, 0.2) is 0 Å². The van der Waals surface area contributed by atoms with Crippen LogP contribution < -0.4 is 5.32 Å². The summed E-state index contributed by atoms with van der Waals surface area (Å²) in [6, 6.07) is 12.7. The second-order valence-corrected chi connectivity index (χ2v) is 7.32. The number of benzene rings is 2. The van der Waals surface area contributed by atoms with Gasteiger partial charge in [-0.2, -0.15) is 10.1 Å². The van der Waals surface area contributed by atoms with E-state index in [0.717, 1.165) is 5.56 Å². The molecule has 4 rings (SSSR count). The summed E-state index contributed by atoms with van der Waals surface area (Å²) in [5.41, 5.74) is 1.59. The van der Waals surface area contributed by atoms with Gasteiger partial charge < -0.3 is 5.32 Å². The van der Waals surface area contributed by atoms with Gasteiger partial charge in [-0.05, 0) is 58.8 Å². The van der Waals surface area contributed by atoms with E-state index in [-0.39, 0.29) is 17.9 Å². The summed E-state index contributed by atoms with van der Waals surface area (Å²) in [5, 5.41) is 8.04. The van der Waals surface area contributed by atoms with Crippen molar-refractivity contribution < 1.29 is 4.39 Å². The summed E-state index contributed by atoms with van der Waals surface area (Å²) in [4.78, 5) is 4.26. The number of rotatable bonds is 2. The van der Waals surface area contributed by atoms with Crippen LogP contribution in [0.3, 0.4) is 0 Å². The first-order valence-corrected chi connectivity index (χ1v) is 8.94. The van der Waals surface area contributed by atoms with Crippen molar-refractivity contribution in [2.24, 2.45) is 0 Å². The van der Waals surface area contributed by atoms with E-state index in [9.17, 15) is 4.39 Å². The van der Waals surface area contributed by atoms with Crippen molar-refractivity contribution in [3.63, 3.8) is 0 Å². The van der Waals surface area contributed by atoms with E-state index in [0.29, 0.717) is 23.0 Å². The summed E-state index contributed by atoms with van der Waals surface area (Å²) < 4.78 is 17.3. The SMILES string of the molecule is Fc1cccc(Cl)c1[C@H]1C[C@@H](c2ccc(I)cc2)Nc2ncnn21. The lowest BCUT2D eigenvalue weighted by atomic mass is 9.93. The van der Waals surface area contributed by atoms with E-state index in [1.54, 1.807) is 16.8 Å². The fraction of sp³-hybridized carbons (Fsp3) is 0.176. The van der Waals surface area contributed by atoms with E-state index in [4.69, 9.17) is 11.6 Å². The van der Waals surface area contributed by atoms with Gasteiger partial charge in [0.05, 0.1) is 12.1 Å². The molecular weight excluding hydrogens is 442 g/mol. The highest BCUT2D eigenvalue weighted by molar-refractivity contribution is 14.1. The van der Waals surface area contributed by atoms with Gasteiger partial charge in [-0.25, -0.2) is 9.07 Å². The summed E-state index contributed by atoms with van der Waals surface area (Å²) in [5.74, 6) is 0.298. The summed E-state index contributed by atoms with van der Waals surface area (Å²) in [6.07, 6.45) is 2.11. The topological polar surface area (TPSA) is 42.7 Å². The quantitative estimate of drug-likeness (QED) is 0.565. The summed E-state index contributed by atoms with van der Waals surface area (Å²) in [7, 11) is 0. The lowest BCUT2D eigenvalue weighted by Crippen LogP contribution is -2.28. The number of nitrogens with one attached hydrogen (secondary N) is 1. The third-order valence-corrected chi connectivity index (χ3v) is 5.28. The smallest absolute Gasteiger partial charge is 0.222 e. The van der Waals surface area contributed by atoms with Crippen LogP contribution in [0.15, 0.2) is 48.8 Å². The van der Waals surface area contributed by atoms with Crippen LogP contribution in [0.2, 0.25) is 5.02 Å². The molecule has 7 heteroatoms. The van der Waals surface area contributed by atoms with Gasteiger partial charge in [0.1, 0.15) is 12.1 Å². The Labute approximate surface area is 157 Å². The molecule has 0 radical (unpaired) electrons. The second-order valence-electron chi connectivity index (χ2n) is 5.66. The molecule has 0 bridgehead atoms. The van der Waals surface area contributed by atoms with Crippen molar-refractivity contribution >= 4 is 40.1 Å². The Morgan fingerprint density at radius 3 is 2.75 bits per heavy atom. The van der Waals surface area contributed by atoms with Crippen molar-refractivity contribution in [2.75, 3.05) is 5.32 Å². The molecule has 1 aliphatic rings. The van der Waals surface area contributed by atoms with Crippen LogP contribution in [0.1, 0.15) is 29.6 Å². The second kappa shape index (κ2) is 6.33. The van der Waals surface area contributed by atoms with E-state index in [1.807, 2.05) is 0 Å². The average Bonchev–Trinajstić information content (AvgIpc) is 3.04. The molecule has 1 aliphatic heterocycles. The van der Waals surface area contributed by atoms with Gasteiger partial charge in [-0.15, -0.1) is 0 Å². The molecule has 0 fully saturated rings. The molecule has 122 valence electrons. The minimum Gasteiger partial charge on any atom is -0.348 e. The zero-order chi connectivity index (χ0) is 16.7. The summed E-state index contributed by atoms with van der Waals surface area (Å²) >= 11 is 8.56. The van der Waals surface area contributed by atoms with Gasteiger partial charge >= 0.3 is 0 Å². The van der Waals surface area contributed by atoms with E-state index in [2.05, 4.69) is 62.3 Å². The number of hydrogen-bond donors (Lipinski definition) is 1. The predicted octanol–water partition coefficient (Wildman–Crippen LogP) is 4.82. The van der Waals surface area contributed by atoms with E-state index < -0.39 is 0 Å². The Kier molecular flexibility index (Phi) is 4.17. The van der Waals surface area contributed by atoms with Crippen LogP contribution in [-0.4, -0.2) is 14.8 Å². The number of halogens is 3. The zero-order valence-corrected chi connectivity index (χ0v) is 15.4. The van der Waals surface area contributed by atoms with Crippen LogP contribution in [0, 0.1) is 9.39 Å². The third kappa shape index (κ3) is 2.77. The van der Waals surface area contributed by atoms with Gasteiger partial charge in [-0.3, -0.25) is 0 Å². The zero-order valence-electron chi connectivity index (χ0n) is 12.5. The molecule has 2 aromatic carbocycles. The van der Waals surface area contributed by atoms with Crippen LogP contribution in [0.5, 0.6) is 0 Å². The predicted molar refractivity (Wildman–Crippen MR) is 99.7 cm³/mol. The largest absolute Gasteiger partial charge is 0.348 e. The van der Waals surface area contributed by atoms with Crippen molar-refractivity contribution in [1.82, 2.24) is 14.8 Å². The third-order valence-electron chi connectivity index (χ3n) is 4.24. The van der Waals surface area contributed by atoms with Crippen molar-refractivity contribution in [1.29, 1.82) is 0 Å². The van der Waals surface area contributed by atoms with Crippen LogP contribution >= 0.6 is 34.2 Å². The molecule has 3 aromatic rings. The number of hydrogen-bond acceptors (Lipinski definition) is 3. The van der Waals surface area contributed by atoms with Crippen LogP contribution in [0.4, 0.5) is 10.3 Å².